The third-order valence-electron chi connectivity index (χ3n) is 4.03. The monoisotopic (exact) mass is 273 g/mol. The van der Waals surface area contributed by atoms with Crippen LogP contribution >= 0.6 is 0 Å². The van der Waals surface area contributed by atoms with Crippen LogP contribution in [0.3, 0.4) is 0 Å². The van der Waals surface area contributed by atoms with E-state index in [4.69, 9.17) is 10.5 Å². The number of aromatic amines is 1. The summed E-state index contributed by atoms with van der Waals surface area (Å²) in [6, 6.07) is 5.47. The van der Waals surface area contributed by atoms with E-state index in [9.17, 15) is 4.79 Å². The van der Waals surface area contributed by atoms with Crippen molar-refractivity contribution in [3.8, 4) is 5.75 Å². The molecule has 5 nitrogen and oxygen atoms in total. The van der Waals surface area contributed by atoms with Crippen LogP contribution in [0.5, 0.6) is 5.75 Å². The largest absolute Gasteiger partial charge is 0.410 e. The van der Waals surface area contributed by atoms with Crippen LogP contribution in [0.15, 0.2) is 18.2 Å². The number of carbonyl (C=O) groups is 1. The lowest BCUT2D eigenvalue weighted by Crippen LogP contribution is -2.16. The van der Waals surface area contributed by atoms with Gasteiger partial charge in [-0.25, -0.2) is 9.78 Å². The van der Waals surface area contributed by atoms with Crippen LogP contribution in [0.2, 0.25) is 0 Å². The van der Waals surface area contributed by atoms with E-state index in [2.05, 4.69) is 16.9 Å². The number of nitrogens with zero attached hydrogens (tertiary/aromatic N) is 1. The van der Waals surface area contributed by atoms with Crippen LogP contribution in [0.4, 0.5) is 4.79 Å². The fourth-order valence-electron chi connectivity index (χ4n) is 3.09. The van der Waals surface area contributed by atoms with Gasteiger partial charge in [0.05, 0.1) is 5.52 Å². The first-order chi connectivity index (χ1) is 9.63. The van der Waals surface area contributed by atoms with Gasteiger partial charge in [0.25, 0.3) is 0 Å². The molecule has 1 heterocycles. The van der Waals surface area contributed by atoms with Crippen LogP contribution < -0.4 is 10.5 Å². The molecule has 1 aromatic heterocycles. The average Bonchev–Trinajstić information content (AvgIpc) is 2.83. The summed E-state index contributed by atoms with van der Waals surface area (Å²) < 4.78 is 5.01. The molecule has 1 saturated carbocycles. The van der Waals surface area contributed by atoms with E-state index in [0.29, 0.717) is 17.2 Å². The molecule has 1 fully saturated rings. The number of aromatic nitrogens is 2. The first-order valence-corrected chi connectivity index (χ1v) is 7.09. The maximum absolute atomic E-state index is 10.9. The van der Waals surface area contributed by atoms with Crippen LogP contribution in [-0.2, 0) is 0 Å². The fourth-order valence-corrected chi connectivity index (χ4v) is 3.09. The van der Waals surface area contributed by atoms with E-state index in [1.807, 2.05) is 12.1 Å². The van der Waals surface area contributed by atoms with Gasteiger partial charge in [-0.1, -0.05) is 25.8 Å². The molecule has 2 atom stereocenters. The Balaban J connectivity index is 1.95. The van der Waals surface area contributed by atoms with Gasteiger partial charge in [0.2, 0.25) is 0 Å². The minimum absolute atomic E-state index is 0.418. The summed E-state index contributed by atoms with van der Waals surface area (Å²) in [7, 11) is 0. The molecular weight excluding hydrogens is 254 g/mol. The minimum Gasteiger partial charge on any atom is -0.408 e. The van der Waals surface area contributed by atoms with Crippen LogP contribution in [0.25, 0.3) is 11.0 Å². The number of hydrogen-bond acceptors (Lipinski definition) is 3. The summed E-state index contributed by atoms with van der Waals surface area (Å²) in [5.41, 5.74) is 6.65. The number of benzene rings is 1. The van der Waals surface area contributed by atoms with Crippen molar-refractivity contribution in [3.05, 3.63) is 24.0 Å². The Bertz CT molecular complexity index is 635. The second-order valence-electron chi connectivity index (χ2n) is 5.66. The van der Waals surface area contributed by atoms with Crippen molar-refractivity contribution >= 4 is 17.1 Å². The number of rotatable bonds is 2. The van der Waals surface area contributed by atoms with Crippen molar-refractivity contribution in [2.45, 2.75) is 38.5 Å². The minimum atomic E-state index is -0.812. The molecule has 0 saturated heterocycles. The molecule has 2 unspecified atom stereocenters. The third-order valence-corrected chi connectivity index (χ3v) is 4.03. The van der Waals surface area contributed by atoms with Gasteiger partial charge < -0.3 is 15.5 Å². The quantitative estimate of drug-likeness (QED) is 0.880. The normalized spacial score (nSPS) is 22.9. The van der Waals surface area contributed by atoms with Crippen molar-refractivity contribution in [3.63, 3.8) is 0 Å². The Hall–Kier alpha value is -2.04. The number of imidazole rings is 1. The molecule has 1 aromatic carbocycles. The lowest BCUT2D eigenvalue weighted by atomic mass is 9.82. The summed E-state index contributed by atoms with van der Waals surface area (Å²) in [5, 5.41) is 0. The van der Waals surface area contributed by atoms with Gasteiger partial charge >= 0.3 is 6.09 Å². The standard InChI is InChI=1S/C15H19N3O2/c1-9-4-2-5-10(8-9)14-17-11-6-3-7-12(13(11)18-14)20-15(16)19/h3,6-7,9-10H,2,4-5,8H2,1H3,(H2,16,19)(H,17,18). The molecule has 3 N–H and O–H groups in total. The van der Waals surface area contributed by atoms with E-state index < -0.39 is 6.09 Å². The highest BCUT2D eigenvalue weighted by Gasteiger charge is 2.23. The van der Waals surface area contributed by atoms with Crippen LogP contribution in [0, 0.1) is 5.92 Å². The predicted molar refractivity (Wildman–Crippen MR) is 76.7 cm³/mol. The molecule has 106 valence electrons. The highest BCUT2D eigenvalue weighted by atomic mass is 16.5. The SMILES string of the molecule is CC1CCCC(c2nc3c(OC(N)=O)cccc3[nH]2)C1. The molecule has 0 bridgehead atoms. The number of carbonyl (C=O) groups excluding carboxylic acids is 1. The summed E-state index contributed by atoms with van der Waals surface area (Å²) in [5.74, 6) is 2.62. The molecule has 1 aliphatic carbocycles. The molecule has 1 aliphatic rings. The Morgan fingerprint density at radius 1 is 1.45 bits per heavy atom. The number of amides is 1. The molecule has 0 radical (unpaired) electrons. The molecule has 2 aromatic rings. The number of nitrogens with one attached hydrogen (secondary N) is 1. The summed E-state index contributed by atoms with van der Waals surface area (Å²) in [4.78, 5) is 18.9. The maximum Gasteiger partial charge on any atom is 0.410 e. The van der Waals surface area contributed by atoms with E-state index in [-0.39, 0.29) is 0 Å². The summed E-state index contributed by atoms with van der Waals surface area (Å²) in [6.45, 7) is 2.29. The number of H-pyrrole nitrogens is 1. The van der Waals surface area contributed by atoms with Crippen molar-refractivity contribution in [1.29, 1.82) is 0 Å². The van der Waals surface area contributed by atoms with Gasteiger partial charge in [-0.05, 0) is 30.9 Å². The third kappa shape index (κ3) is 2.48. The fraction of sp³-hybridized carbons (Fsp3) is 0.467. The molecule has 5 heteroatoms. The highest BCUT2D eigenvalue weighted by molar-refractivity contribution is 5.84. The Morgan fingerprint density at radius 2 is 2.30 bits per heavy atom. The number of fused-ring (bicyclic) bond motifs is 1. The Kier molecular flexibility index (Phi) is 3.34. The molecule has 0 aliphatic heterocycles. The second-order valence-corrected chi connectivity index (χ2v) is 5.66. The van der Waals surface area contributed by atoms with Crippen molar-refractivity contribution in [2.75, 3.05) is 0 Å². The molecule has 20 heavy (non-hydrogen) atoms. The zero-order valence-electron chi connectivity index (χ0n) is 11.6. The summed E-state index contributed by atoms with van der Waals surface area (Å²) >= 11 is 0. The predicted octanol–water partition coefficient (Wildman–Crippen LogP) is 3.31. The number of ether oxygens (including phenoxy) is 1. The second kappa shape index (κ2) is 5.15. The van der Waals surface area contributed by atoms with Gasteiger partial charge in [-0.2, -0.15) is 0 Å². The first kappa shape index (κ1) is 13.0. The van der Waals surface area contributed by atoms with E-state index >= 15 is 0 Å². The molecule has 3 rings (SSSR count). The van der Waals surface area contributed by atoms with E-state index in [0.717, 1.165) is 30.1 Å². The molecule has 1 amide bonds. The van der Waals surface area contributed by atoms with E-state index in [1.54, 1.807) is 6.07 Å². The highest BCUT2D eigenvalue weighted by Crippen LogP contribution is 2.36. The van der Waals surface area contributed by atoms with E-state index in [1.165, 1.54) is 12.8 Å². The topological polar surface area (TPSA) is 81.0 Å². The first-order valence-electron chi connectivity index (χ1n) is 7.09. The van der Waals surface area contributed by atoms with Crippen molar-refractivity contribution in [2.24, 2.45) is 11.7 Å². The van der Waals surface area contributed by atoms with Gasteiger partial charge in [0.1, 0.15) is 11.3 Å². The van der Waals surface area contributed by atoms with Gasteiger partial charge in [0.15, 0.2) is 5.75 Å². The Morgan fingerprint density at radius 3 is 3.05 bits per heavy atom. The zero-order chi connectivity index (χ0) is 14.1. The van der Waals surface area contributed by atoms with Crippen LogP contribution in [-0.4, -0.2) is 16.1 Å². The van der Waals surface area contributed by atoms with Gasteiger partial charge in [-0.15, -0.1) is 0 Å². The van der Waals surface area contributed by atoms with Crippen molar-refractivity contribution in [1.82, 2.24) is 9.97 Å². The molecular formula is C15H19N3O2. The molecule has 0 spiro atoms. The Labute approximate surface area is 117 Å². The maximum atomic E-state index is 10.9. The van der Waals surface area contributed by atoms with Crippen LogP contribution in [0.1, 0.15) is 44.3 Å². The number of para-hydroxylation sites is 1. The van der Waals surface area contributed by atoms with Crippen molar-refractivity contribution < 1.29 is 9.53 Å². The summed E-state index contributed by atoms with van der Waals surface area (Å²) in [6.07, 6.45) is 4.05. The zero-order valence-corrected chi connectivity index (χ0v) is 11.6. The smallest absolute Gasteiger partial charge is 0.408 e. The number of nitrogens with two attached hydrogens (primary N) is 1. The average molecular weight is 273 g/mol. The lowest BCUT2D eigenvalue weighted by molar-refractivity contribution is 0.211. The number of primary amides is 1. The lowest BCUT2D eigenvalue weighted by Gasteiger charge is -2.24. The van der Waals surface area contributed by atoms with Gasteiger partial charge in [0, 0.05) is 5.92 Å². The number of hydrogen-bond donors (Lipinski definition) is 2. The van der Waals surface area contributed by atoms with Gasteiger partial charge in [-0.3, -0.25) is 0 Å².